The summed E-state index contributed by atoms with van der Waals surface area (Å²) in [5, 5.41) is 13.3. The maximum Gasteiger partial charge on any atom is 0.257 e. The number of azide groups is 1. The van der Waals surface area contributed by atoms with Crippen molar-refractivity contribution in [2.24, 2.45) is 5.11 Å². The van der Waals surface area contributed by atoms with Crippen molar-refractivity contribution in [3.63, 3.8) is 0 Å². The molecule has 1 aromatic rings. The van der Waals surface area contributed by atoms with Crippen molar-refractivity contribution in [3.05, 3.63) is 53.4 Å². The minimum absolute atomic E-state index is 0.156. The van der Waals surface area contributed by atoms with Crippen LogP contribution in [0.25, 0.3) is 10.4 Å². The van der Waals surface area contributed by atoms with E-state index in [0.717, 1.165) is 0 Å². The minimum atomic E-state index is -0.520. The molecule has 0 saturated carbocycles. The number of hydrogen-bond acceptors (Lipinski definition) is 5. The van der Waals surface area contributed by atoms with Crippen LogP contribution in [0.3, 0.4) is 0 Å². The molecule has 23 heavy (non-hydrogen) atoms. The molecule has 0 aliphatic carbocycles. The van der Waals surface area contributed by atoms with Gasteiger partial charge in [-0.3, -0.25) is 9.59 Å². The topological polar surface area (TPSA) is 110 Å². The predicted molar refractivity (Wildman–Crippen MR) is 82.8 cm³/mol. The maximum atomic E-state index is 12.4. The van der Waals surface area contributed by atoms with Gasteiger partial charge in [0.1, 0.15) is 5.75 Å². The number of rotatable bonds is 4. The highest BCUT2D eigenvalue weighted by Crippen LogP contribution is 2.25. The zero-order valence-corrected chi connectivity index (χ0v) is 12.3. The molecule has 1 aromatic carbocycles. The van der Waals surface area contributed by atoms with E-state index in [0.29, 0.717) is 26.2 Å². The largest absolute Gasteiger partial charge is 0.507 e. The smallest absolute Gasteiger partial charge is 0.257 e. The van der Waals surface area contributed by atoms with Gasteiger partial charge < -0.3 is 14.9 Å². The second-order valence-corrected chi connectivity index (χ2v) is 4.94. The van der Waals surface area contributed by atoms with E-state index in [2.05, 4.69) is 10.0 Å². The molecule has 2 rings (SSSR count). The molecule has 0 bridgehead atoms. The molecule has 0 atom stereocenters. The summed E-state index contributed by atoms with van der Waals surface area (Å²) in [5.74, 6) is -1.04. The fourth-order valence-electron chi connectivity index (χ4n) is 2.24. The third-order valence-electron chi connectivity index (χ3n) is 3.42. The lowest BCUT2D eigenvalue weighted by Crippen LogP contribution is -2.46. The van der Waals surface area contributed by atoms with Crippen molar-refractivity contribution < 1.29 is 14.7 Å². The van der Waals surface area contributed by atoms with Gasteiger partial charge in [0.05, 0.1) is 5.56 Å². The third kappa shape index (κ3) is 4.24. The van der Waals surface area contributed by atoms with E-state index >= 15 is 0 Å². The molecule has 1 fully saturated rings. The van der Waals surface area contributed by atoms with Gasteiger partial charge in [-0.25, -0.2) is 0 Å². The van der Waals surface area contributed by atoms with Crippen LogP contribution >= 0.6 is 0 Å². The Hall–Kier alpha value is -2.99. The molecule has 8 heteroatoms. The Morgan fingerprint density at radius 3 is 2.57 bits per heavy atom. The van der Waals surface area contributed by atoms with Crippen molar-refractivity contribution in [2.75, 3.05) is 26.2 Å². The van der Waals surface area contributed by atoms with E-state index in [1.54, 1.807) is 11.1 Å². The lowest BCUT2D eigenvalue weighted by molar-refractivity contribution is -0.110. The molecule has 1 heterocycles. The fourth-order valence-corrected chi connectivity index (χ4v) is 2.24. The monoisotopic (exact) mass is 313 g/mol. The number of amides is 1. The van der Waals surface area contributed by atoms with Crippen LogP contribution in [0.4, 0.5) is 5.69 Å². The van der Waals surface area contributed by atoms with Gasteiger partial charge in [-0.15, -0.1) is 0 Å². The first-order valence-electron chi connectivity index (χ1n) is 6.90. The molecule has 0 aromatic heterocycles. The number of allylic oxidation sites excluding steroid dienone is 1. The van der Waals surface area contributed by atoms with E-state index in [1.807, 2.05) is 4.90 Å². The number of phenols is 1. The fraction of sp³-hybridized carbons (Fsp3) is 0.267. The molecule has 2 radical (unpaired) electrons. The Morgan fingerprint density at radius 2 is 2.00 bits per heavy atom. The second kappa shape index (κ2) is 7.33. The first kappa shape index (κ1) is 16.4. The Balaban J connectivity index is 2.02. The average molecular weight is 313 g/mol. The molecular formula is C15H15N5O3. The normalized spacial score (nSPS) is 14.7. The summed E-state index contributed by atoms with van der Waals surface area (Å²) in [7, 11) is 0. The van der Waals surface area contributed by atoms with E-state index in [4.69, 9.17) is 12.5 Å². The van der Waals surface area contributed by atoms with Crippen LogP contribution in [-0.4, -0.2) is 52.8 Å². The molecule has 1 amide bonds. The molecule has 1 aliphatic rings. The Morgan fingerprint density at radius 1 is 1.30 bits per heavy atom. The van der Waals surface area contributed by atoms with Crippen LogP contribution in [-0.2, 0) is 4.79 Å². The van der Waals surface area contributed by atoms with Gasteiger partial charge in [-0.1, -0.05) is 11.2 Å². The highest BCUT2D eigenvalue weighted by atomic mass is 16.3. The average Bonchev–Trinajstić information content (AvgIpc) is 2.53. The first-order chi connectivity index (χ1) is 11.0. The Labute approximate surface area is 133 Å². The van der Waals surface area contributed by atoms with Crippen molar-refractivity contribution in [1.29, 1.82) is 0 Å². The molecule has 0 unspecified atom stereocenters. The number of benzene rings is 1. The molecule has 1 saturated heterocycles. The third-order valence-corrected chi connectivity index (χ3v) is 3.42. The van der Waals surface area contributed by atoms with Crippen molar-refractivity contribution >= 4 is 17.4 Å². The van der Waals surface area contributed by atoms with Crippen LogP contribution in [0.15, 0.2) is 35.6 Å². The molecule has 8 nitrogen and oxygen atoms in total. The Kier molecular flexibility index (Phi) is 5.22. The zero-order chi connectivity index (χ0) is 16.8. The summed E-state index contributed by atoms with van der Waals surface area (Å²) in [5.41, 5.74) is 8.75. The standard InChI is InChI=1S/C15H15N5O3/c1-11(21)4-5-19-6-8-20(9-7-19)15(23)13-3-2-12(17-18-16)10-14(13)22/h1-5,10,22H,6-9H2/b5-4+. The number of hydrogen-bond donors (Lipinski definition) is 1. The van der Waals surface area contributed by atoms with Crippen molar-refractivity contribution in [2.45, 2.75) is 0 Å². The van der Waals surface area contributed by atoms with E-state index in [1.165, 1.54) is 24.3 Å². The quantitative estimate of drug-likeness (QED) is 0.396. The summed E-state index contributed by atoms with van der Waals surface area (Å²) in [6, 6.07) is 4.15. The number of ketones is 1. The van der Waals surface area contributed by atoms with Gasteiger partial charge in [0.2, 0.25) is 0 Å². The SMILES string of the molecule is [CH]C(=O)/C=C/N1CCN(C(=O)c2ccc(N=[N+]=[N-])cc2O)CC1. The van der Waals surface area contributed by atoms with Crippen LogP contribution in [0, 0.1) is 6.92 Å². The van der Waals surface area contributed by atoms with E-state index in [-0.39, 0.29) is 22.9 Å². The van der Waals surface area contributed by atoms with Crippen molar-refractivity contribution in [1.82, 2.24) is 9.80 Å². The maximum absolute atomic E-state index is 12.4. The summed E-state index contributed by atoms with van der Waals surface area (Å²) in [4.78, 5) is 29.2. The molecule has 0 spiro atoms. The van der Waals surface area contributed by atoms with Gasteiger partial charge in [-0.05, 0) is 23.7 Å². The predicted octanol–water partition coefficient (Wildman–Crippen LogP) is 1.89. The van der Waals surface area contributed by atoms with Gasteiger partial charge >= 0.3 is 0 Å². The summed E-state index contributed by atoms with van der Waals surface area (Å²) < 4.78 is 0. The van der Waals surface area contributed by atoms with E-state index in [9.17, 15) is 14.7 Å². The van der Waals surface area contributed by atoms with Gasteiger partial charge in [-0.2, -0.15) is 0 Å². The van der Waals surface area contributed by atoms with Crippen LogP contribution in [0.2, 0.25) is 0 Å². The second-order valence-electron chi connectivity index (χ2n) is 4.94. The number of carbonyl (C=O) groups excluding carboxylic acids is 2. The molecular weight excluding hydrogens is 298 g/mol. The van der Waals surface area contributed by atoms with E-state index < -0.39 is 5.78 Å². The number of carbonyl (C=O) groups is 2. The number of phenolic OH excluding ortho intramolecular Hbond substituents is 1. The summed E-state index contributed by atoms with van der Waals surface area (Å²) in [6.07, 6.45) is 2.88. The van der Waals surface area contributed by atoms with Crippen LogP contribution in [0.1, 0.15) is 10.4 Å². The highest BCUT2D eigenvalue weighted by molar-refractivity contribution is 5.97. The number of nitrogens with zero attached hydrogens (tertiary/aromatic N) is 5. The van der Waals surface area contributed by atoms with Gasteiger partial charge in [0, 0.05) is 49.9 Å². The van der Waals surface area contributed by atoms with Crippen LogP contribution in [0.5, 0.6) is 5.75 Å². The molecule has 1 N–H and O–H groups in total. The number of piperazine rings is 1. The molecule has 118 valence electrons. The summed E-state index contributed by atoms with van der Waals surface area (Å²) >= 11 is 0. The van der Waals surface area contributed by atoms with Gasteiger partial charge in [0.25, 0.3) is 5.91 Å². The minimum Gasteiger partial charge on any atom is -0.507 e. The van der Waals surface area contributed by atoms with Gasteiger partial charge in [0.15, 0.2) is 5.78 Å². The highest BCUT2D eigenvalue weighted by Gasteiger charge is 2.22. The Bertz CT molecular complexity index is 686. The summed E-state index contributed by atoms with van der Waals surface area (Å²) in [6.45, 7) is 7.08. The first-order valence-corrected chi connectivity index (χ1v) is 6.90. The zero-order valence-electron chi connectivity index (χ0n) is 12.3. The lowest BCUT2D eigenvalue weighted by atomic mass is 10.1. The van der Waals surface area contributed by atoms with Crippen LogP contribution < -0.4 is 0 Å². The number of aromatic hydroxyl groups is 1. The lowest BCUT2D eigenvalue weighted by Gasteiger charge is -2.34. The molecule has 1 aliphatic heterocycles. The van der Waals surface area contributed by atoms with Crippen molar-refractivity contribution in [3.8, 4) is 5.75 Å².